The van der Waals surface area contributed by atoms with Crippen LogP contribution in [0.15, 0.2) is 48.5 Å². The highest BCUT2D eigenvalue weighted by molar-refractivity contribution is 7.13. The van der Waals surface area contributed by atoms with Gasteiger partial charge in [0.2, 0.25) is 0 Å². The Morgan fingerprint density at radius 3 is 2.21 bits per heavy atom. The molecule has 1 heterocycles. The molecule has 174 valence electrons. The van der Waals surface area contributed by atoms with E-state index in [0.29, 0.717) is 27.9 Å². The van der Waals surface area contributed by atoms with E-state index >= 15 is 0 Å². The number of amides is 2. The summed E-state index contributed by atoms with van der Waals surface area (Å²) in [6.07, 6.45) is -0.815. The first-order valence-corrected chi connectivity index (χ1v) is 11.3. The Kier molecular flexibility index (Phi) is 8.26. The number of hydrazine groups is 1. The van der Waals surface area contributed by atoms with Crippen LogP contribution in [0, 0.1) is 13.8 Å². The second-order valence-electron chi connectivity index (χ2n) is 7.23. The zero-order valence-corrected chi connectivity index (χ0v) is 19.8. The summed E-state index contributed by atoms with van der Waals surface area (Å²) in [5, 5.41) is 0.664. The minimum Gasteiger partial charge on any atom is -0.494 e. The molecule has 2 amide bonds. The second kappa shape index (κ2) is 11.3. The molecule has 3 aromatic rings. The maximum atomic E-state index is 12.5. The van der Waals surface area contributed by atoms with Gasteiger partial charge >= 0.3 is 0 Å². The molecule has 2 aromatic carbocycles. The van der Waals surface area contributed by atoms with E-state index in [2.05, 4.69) is 15.8 Å². The minimum atomic E-state index is -0.815. The molecular formula is C24H27N3O5S. The lowest BCUT2D eigenvalue weighted by atomic mass is 10.2. The van der Waals surface area contributed by atoms with Crippen molar-refractivity contribution in [2.24, 2.45) is 0 Å². The molecule has 0 bridgehead atoms. The maximum Gasteiger partial charge on any atom is 0.281 e. The summed E-state index contributed by atoms with van der Waals surface area (Å²) >= 11 is 1.22. The van der Waals surface area contributed by atoms with Crippen LogP contribution in [-0.2, 0) is 11.4 Å². The number of hydrogen-bond acceptors (Lipinski definition) is 7. The van der Waals surface area contributed by atoms with Gasteiger partial charge in [-0.25, -0.2) is 4.98 Å². The summed E-state index contributed by atoms with van der Waals surface area (Å²) in [6, 6.07) is 14.7. The molecule has 0 aliphatic heterocycles. The third kappa shape index (κ3) is 6.95. The van der Waals surface area contributed by atoms with Gasteiger partial charge in [0.15, 0.2) is 6.10 Å². The van der Waals surface area contributed by atoms with Crippen molar-refractivity contribution in [1.82, 2.24) is 15.8 Å². The van der Waals surface area contributed by atoms with Crippen molar-refractivity contribution in [3.63, 3.8) is 0 Å². The summed E-state index contributed by atoms with van der Waals surface area (Å²) in [6.45, 7) is 8.06. The average Bonchev–Trinajstić information content (AvgIpc) is 3.19. The van der Waals surface area contributed by atoms with E-state index in [1.165, 1.54) is 11.3 Å². The zero-order valence-electron chi connectivity index (χ0n) is 19.0. The number of hydrogen-bond donors (Lipinski definition) is 2. The molecule has 0 saturated carbocycles. The molecule has 0 fully saturated rings. The summed E-state index contributed by atoms with van der Waals surface area (Å²) in [7, 11) is 0. The van der Waals surface area contributed by atoms with Gasteiger partial charge in [-0.3, -0.25) is 20.4 Å². The van der Waals surface area contributed by atoms with Crippen LogP contribution >= 0.6 is 11.3 Å². The van der Waals surface area contributed by atoms with Gasteiger partial charge in [-0.1, -0.05) is 17.7 Å². The van der Waals surface area contributed by atoms with Gasteiger partial charge in [0.1, 0.15) is 33.7 Å². The molecule has 0 aliphatic carbocycles. The first-order chi connectivity index (χ1) is 15.9. The standard InChI is InChI=1S/C24H27N3O5S/c1-5-30-18-10-12-20(13-11-18)32-17(4)23(28)26-27-24(29)22-16(3)25-21(33-22)14-31-19-8-6-15(2)7-9-19/h6-13,17H,5,14H2,1-4H3,(H,26,28)(H,27,29). The molecular weight excluding hydrogens is 442 g/mol. The van der Waals surface area contributed by atoms with Crippen LogP contribution in [-0.4, -0.2) is 29.5 Å². The van der Waals surface area contributed by atoms with Crippen LogP contribution in [0.2, 0.25) is 0 Å². The number of thiazole rings is 1. The lowest BCUT2D eigenvalue weighted by molar-refractivity contribution is -0.128. The molecule has 2 N–H and O–H groups in total. The highest BCUT2D eigenvalue weighted by Crippen LogP contribution is 2.21. The monoisotopic (exact) mass is 469 g/mol. The number of ether oxygens (including phenoxy) is 3. The molecule has 1 aromatic heterocycles. The lowest BCUT2D eigenvalue weighted by Gasteiger charge is -2.15. The Balaban J connectivity index is 1.49. The summed E-state index contributed by atoms with van der Waals surface area (Å²) < 4.78 is 16.7. The molecule has 0 spiro atoms. The van der Waals surface area contributed by atoms with Gasteiger partial charge in [0, 0.05) is 0 Å². The third-order valence-corrected chi connectivity index (χ3v) is 5.68. The van der Waals surface area contributed by atoms with Crippen LogP contribution in [0.5, 0.6) is 17.2 Å². The van der Waals surface area contributed by atoms with Gasteiger partial charge < -0.3 is 14.2 Å². The van der Waals surface area contributed by atoms with Crippen molar-refractivity contribution in [3.8, 4) is 17.2 Å². The van der Waals surface area contributed by atoms with Crippen molar-refractivity contribution in [3.05, 3.63) is 69.7 Å². The van der Waals surface area contributed by atoms with E-state index < -0.39 is 17.9 Å². The van der Waals surface area contributed by atoms with Crippen LogP contribution in [0.4, 0.5) is 0 Å². The normalized spacial score (nSPS) is 11.4. The molecule has 33 heavy (non-hydrogen) atoms. The fraction of sp³-hybridized carbons (Fsp3) is 0.292. The Bertz CT molecular complexity index is 1080. The van der Waals surface area contributed by atoms with Crippen LogP contribution in [0.3, 0.4) is 0 Å². The maximum absolute atomic E-state index is 12.5. The number of rotatable bonds is 9. The van der Waals surface area contributed by atoms with Crippen molar-refractivity contribution in [1.29, 1.82) is 0 Å². The van der Waals surface area contributed by atoms with Gasteiger partial charge in [0.05, 0.1) is 12.3 Å². The minimum absolute atomic E-state index is 0.251. The lowest BCUT2D eigenvalue weighted by Crippen LogP contribution is -2.47. The van der Waals surface area contributed by atoms with E-state index in [0.717, 1.165) is 17.1 Å². The SMILES string of the molecule is CCOc1ccc(OC(C)C(=O)NNC(=O)c2sc(COc3ccc(C)cc3)nc2C)cc1. The molecule has 1 unspecified atom stereocenters. The van der Waals surface area contributed by atoms with E-state index in [1.54, 1.807) is 38.1 Å². The molecule has 1 atom stereocenters. The van der Waals surface area contributed by atoms with E-state index in [1.807, 2.05) is 38.1 Å². The predicted molar refractivity (Wildman–Crippen MR) is 126 cm³/mol. The van der Waals surface area contributed by atoms with E-state index in [-0.39, 0.29) is 6.61 Å². The fourth-order valence-electron chi connectivity index (χ4n) is 2.82. The number of aryl methyl sites for hydroxylation is 2. The zero-order chi connectivity index (χ0) is 23.8. The van der Waals surface area contributed by atoms with Crippen molar-refractivity contribution < 1.29 is 23.8 Å². The van der Waals surface area contributed by atoms with Gasteiger partial charge in [-0.05, 0) is 64.1 Å². The summed E-state index contributed by atoms with van der Waals surface area (Å²) in [5.74, 6) is 1.03. The first-order valence-electron chi connectivity index (χ1n) is 10.5. The van der Waals surface area contributed by atoms with Crippen molar-refractivity contribution in [2.45, 2.75) is 40.4 Å². The number of carbonyl (C=O) groups excluding carboxylic acids is 2. The van der Waals surface area contributed by atoms with Crippen LogP contribution in [0.1, 0.15) is 39.8 Å². The third-order valence-electron chi connectivity index (χ3n) is 4.55. The molecule has 8 nitrogen and oxygen atoms in total. The smallest absolute Gasteiger partial charge is 0.281 e. The molecule has 0 saturated heterocycles. The molecule has 0 aliphatic rings. The number of aromatic nitrogens is 1. The second-order valence-corrected chi connectivity index (χ2v) is 8.32. The molecule has 9 heteroatoms. The number of nitrogens with one attached hydrogen (secondary N) is 2. The van der Waals surface area contributed by atoms with Crippen LogP contribution < -0.4 is 25.1 Å². The van der Waals surface area contributed by atoms with E-state index in [4.69, 9.17) is 14.2 Å². The Hall–Kier alpha value is -3.59. The number of carbonyl (C=O) groups is 2. The average molecular weight is 470 g/mol. The summed E-state index contributed by atoms with van der Waals surface area (Å²) in [4.78, 5) is 29.6. The van der Waals surface area contributed by atoms with Gasteiger partial charge in [-0.2, -0.15) is 0 Å². The first kappa shape index (κ1) is 24.1. The predicted octanol–water partition coefficient (Wildman–Crippen LogP) is 3.97. The number of benzene rings is 2. The van der Waals surface area contributed by atoms with Gasteiger partial charge in [0.25, 0.3) is 11.8 Å². The highest BCUT2D eigenvalue weighted by atomic mass is 32.1. The fourth-order valence-corrected chi connectivity index (χ4v) is 3.69. The van der Waals surface area contributed by atoms with Crippen molar-refractivity contribution in [2.75, 3.05) is 6.61 Å². The van der Waals surface area contributed by atoms with Crippen LogP contribution in [0.25, 0.3) is 0 Å². The topological polar surface area (TPSA) is 98.8 Å². The van der Waals surface area contributed by atoms with E-state index in [9.17, 15) is 9.59 Å². The Morgan fingerprint density at radius 2 is 1.55 bits per heavy atom. The van der Waals surface area contributed by atoms with Gasteiger partial charge in [-0.15, -0.1) is 11.3 Å². The molecule has 0 radical (unpaired) electrons. The molecule has 3 rings (SSSR count). The highest BCUT2D eigenvalue weighted by Gasteiger charge is 2.19. The number of nitrogens with zero attached hydrogens (tertiary/aromatic N) is 1. The quantitative estimate of drug-likeness (QED) is 0.460. The summed E-state index contributed by atoms with van der Waals surface area (Å²) in [5.41, 5.74) is 6.52. The largest absolute Gasteiger partial charge is 0.494 e. The Morgan fingerprint density at radius 1 is 0.939 bits per heavy atom. The Labute approximate surface area is 196 Å². The van der Waals surface area contributed by atoms with Crippen molar-refractivity contribution >= 4 is 23.2 Å².